The number of fused-ring (bicyclic) bond motifs is 1. The maximum atomic E-state index is 14.1. The van der Waals surface area contributed by atoms with Gasteiger partial charge in [-0.05, 0) is 13.0 Å². The van der Waals surface area contributed by atoms with Gasteiger partial charge in [0.2, 0.25) is 5.78 Å². The third kappa shape index (κ3) is 4.33. The molecule has 5 rings (SSSR count). The molecule has 0 amide bonds. The summed E-state index contributed by atoms with van der Waals surface area (Å²) in [5, 5.41) is 12.0. The number of hydrogen-bond acceptors (Lipinski definition) is 10. The summed E-state index contributed by atoms with van der Waals surface area (Å²) in [6, 6.07) is 6.31. The van der Waals surface area contributed by atoms with Gasteiger partial charge < -0.3 is 43.0 Å². The molecule has 3 aliphatic rings. The standard InChI is InChI=1S/C25H28O10/c1-13-25(27,17-7-19(29-3)20(30-4)8-18(17)33-11-15-9-31-15)24(26)23-21(34-12-16-10-32-16)5-14(28-2)6-22(23)35-13/h5-8,13,15-16,27H,9-12H2,1-4H3. The maximum Gasteiger partial charge on any atom is 0.210 e. The summed E-state index contributed by atoms with van der Waals surface area (Å²) in [6.45, 7) is 3.31. The molecule has 0 saturated carbocycles. The second kappa shape index (κ2) is 9.10. The average molecular weight is 488 g/mol. The third-order valence-electron chi connectivity index (χ3n) is 6.29. The molecule has 3 aliphatic heterocycles. The smallest absolute Gasteiger partial charge is 0.210 e. The van der Waals surface area contributed by atoms with E-state index in [0.717, 1.165) is 0 Å². The zero-order valence-corrected chi connectivity index (χ0v) is 20.0. The number of carbonyl (C=O) groups excluding carboxylic acids is 1. The van der Waals surface area contributed by atoms with Crippen LogP contribution in [0.4, 0.5) is 0 Å². The first-order valence-corrected chi connectivity index (χ1v) is 11.3. The van der Waals surface area contributed by atoms with Crippen LogP contribution in [-0.2, 0) is 15.1 Å². The molecule has 2 aromatic carbocycles. The Morgan fingerprint density at radius 3 is 2.06 bits per heavy atom. The highest BCUT2D eigenvalue weighted by Crippen LogP contribution is 2.49. The molecule has 2 aromatic rings. The number of carbonyl (C=O) groups is 1. The van der Waals surface area contributed by atoms with Crippen molar-refractivity contribution in [3.05, 3.63) is 35.4 Å². The molecule has 0 spiro atoms. The van der Waals surface area contributed by atoms with Gasteiger partial charge in [-0.3, -0.25) is 4.79 Å². The van der Waals surface area contributed by atoms with Gasteiger partial charge in [0, 0.05) is 23.8 Å². The Balaban J connectivity index is 1.61. The minimum Gasteiger partial charge on any atom is -0.496 e. The van der Waals surface area contributed by atoms with Crippen LogP contribution in [0.1, 0.15) is 22.8 Å². The number of Topliss-reactive ketones (excluding diaryl/α,β-unsaturated/α-hetero) is 1. The van der Waals surface area contributed by atoms with E-state index < -0.39 is 17.5 Å². The van der Waals surface area contributed by atoms with Gasteiger partial charge in [0.25, 0.3) is 0 Å². The fourth-order valence-corrected chi connectivity index (χ4v) is 4.08. The predicted octanol–water partition coefficient (Wildman–Crippen LogP) is 2.12. The molecule has 4 unspecified atom stereocenters. The van der Waals surface area contributed by atoms with Crippen LogP contribution in [0.5, 0.6) is 34.5 Å². The van der Waals surface area contributed by atoms with Gasteiger partial charge >= 0.3 is 0 Å². The summed E-state index contributed by atoms with van der Waals surface area (Å²) in [5.74, 6) is 1.33. The van der Waals surface area contributed by atoms with Crippen molar-refractivity contribution in [3.63, 3.8) is 0 Å². The molecule has 3 heterocycles. The Kier molecular flexibility index (Phi) is 6.12. The van der Waals surface area contributed by atoms with Crippen molar-refractivity contribution in [1.82, 2.24) is 0 Å². The molecule has 2 saturated heterocycles. The fraction of sp³-hybridized carbons (Fsp3) is 0.480. The highest BCUT2D eigenvalue weighted by Gasteiger charge is 2.53. The van der Waals surface area contributed by atoms with Gasteiger partial charge in [-0.1, -0.05) is 0 Å². The van der Waals surface area contributed by atoms with E-state index in [2.05, 4.69) is 0 Å². The van der Waals surface area contributed by atoms with E-state index >= 15 is 0 Å². The first kappa shape index (κ1) is 23.5. The second-order valence-electron chi connectivity index (χ2n) is 8.59. The first-order chi connectivity index (χ1) is 16.9. The van der Waals surface area contributed by atoms with Gasteiger partial charge in [0.1, 0.15) is 60.1 Å². The van der Waals surface area contributed by atoms with Crippen molar-refractivity contribution in [2.45, 2.75) is 30.8 Å². The van der Waals surface area contributed by atoms with Crippen molar-refractivity contribution in [2.24, 2.45) is 0 Å². The van der Waals surface area contributed by atoms with Crippen molar-refractivity contribution < 1.29 is 47.8 Å². The van der Waals surface area contributed by atoms with Gasteiger partial charge in [-0.15, -0.1) is 0 Å². The van der Waals surface area contributed by atoms with Crippen LogP contribution in [0, 0.1) is 0 Å². The summed E-state index contributed by atoms with van der Waals surface area (Å²) in [6.07, 6.45) is -1.06. The SMILES string of the molecule is COc1cc(OCC2CO2)c2c(c1)OC(C)C(O)(c1cc(OC)c(OC)cc1OCC1CO1)C2=O. The van der Waals surface area contributed by atoms with E-state index in [4.69, 9.17) is 37.9 Å². The van der Waals surface area contributed by atoms with Crippen molar-refractivity contribution in [2.75, 3.05) is 47.8 Å². The normalized spacial score (nSPS) is 26.3. The summed E-state index contributed by atoms with van der Waals surface area (Å²) >= 11 is 0. The molecule has 35 heavy (non-hydrogen) atoms. The highest BCUT2D eigenvalue weighted by molar-refractivity contribution is 6.09. The van der Waals surface area contributed by atoms with Crippen LogP contribution in [0.15, 0.2) is 24.3 Å². The first-order valence-electron chi connectivity index (χ1n) is 11.3. The topological polar surface area (TPSA) is 118 Å². The summed E-state index contributed by atoms with van der Waals surface area (Å²) in [7, 11) is 4.48. The average Bonchev–Trinajstić information content (AvgIpc) is 3.79. The van der Waals surface area contributed by atoms with E-state index in [-0.39, 0.29) is 53.8 Å². The maximum absolute atomic E-state index is 14.1. The number of epoxide rings is 2. The van der Waals surface area contributed by atoms with E-state index in [1.54, 1.807) is 25.1 Å². The van der Waals surface area contributed by atoms with Crippen LogP contribution >= 0.6 is 0 Å². The van der Waals surface area contributed by atoms with Crippen molar-refractivity contribution in [1.29, 1.82) is 0 Å². The highest BCUT2D eigenvalue weighted by atomic mass is 16.6. The molecule has 0 bridgehead atoms. The van der Waals surface area contributed by atoms with E-state index in [0.29, 0.717) is 30.5 Å². The minimum atomic E-state index is -2.12. The molecular weight excluding hydrogens is 460 g/mol. The van der Waals surface area contributed by atoms with Crippen molar-refractivity contribution in [3.8, 4) is 34.5 Å². The van der Waals surface area contributed by atoms with E-state index in [9.17, 15) is 9.90 Å². The molecule has 0 radical (unpaired) electrons. The lowest BCUT2D eigenvalue weighted by Gasteiger charge is -2.39. The van der Waals surface area contributed by atoms with Crippen LogP contribution < -0.4 is 28.4 Å². The van der Waals surface area contributed by atoms with Crippen LogP contribution in [0.3, 0.4) is 0 Å². The number of methoxy groups -OCH3 is 3. The zero-order chi connectivity index (χ0) is 24.7. The lowest BCUT2D eigenvalue weighted by atomic mass is 9.78. The van der Waals surface area contributed by atoms with Gasteiger partial charge in [0.15, 0.2) is 17.1 Å². The Labute approximate surface area is 202 Å². The predicted molar refractivity (Wildman–Crippen MR) is 121 cm³/mol. The largest absolute Gasteiger partial charge is 0.496 e. The number of rotatable bonds is 10. The molecule has 2 fully saturated rings. The molecule has 188 valence electrons. The van der Waals surface area contributed by atoms with Crippen LogP contribution in [-0.4, -0.2) is 77.0 Å². The molecule has 0 aromatic heterocycles. The molecule has 1 N–H and O–H groups in total. The Morgan fingerprint density at radius 1 is 0.886 bits per heavy atom. The summed E-state index contributed by atoms with van der Waals surface area (Å²) in [5.41, 5.74) is -1.82. The van der Waals surface area contributed by atoms with E-state index in [1.807, 2.05) is 0 Å². The van der Waals surface area contributed by atoms with Gasteiger partial charge in [-0.2, -0.15) is 0 Å². The molecule has 10 nitrogen and oxygen atoms in total. The Bertz CT molecular complexity index is 1120. The molecular formula is C25H28O10. The van der Waals surface area contributed by atoms with E-state index in [1.165, 1.54) is 27.4 Å². The number of ether oxygens (including phenoxy) is 8. The summed E-state index contributed by atoms with van der Waals surface area (Å²) < 4.78 is 44.6. The minimum absolute atomic E-state index is 0.0373. The molecule has 0 aliphatic carbocycles. The van der Waals surface area contributed by atoms with Crippen LogP contribution in [0.2, 0.25) is 0 Å². The number of aliphatic hydroxyl groups is 1. The lowest BCUT2D eigenvalue weighted by molar-refractivity contribution is -0.0459. The fourth-order valence-electron chi connectivity index (χ4n) is 4.08. The van der Waals surface area contributed by atoms with Gasteiger partial charge in [0.05, 0.1) is 34.5 Å². The third-order valence-corrected chi connectivity index (χ3v) is 6.29. The quantitative estimate of drug-likeness (QED) is 0.498. The monoisotopic (exact) mass is 488 g/mol. The molecule has 4 atom stereocenters. The van der Waals surface area contributed by atoms with Gasteiger partial charge in [-0.25, -0.2) is 0 Å². The Morgan fingerprint density at radius 2 is 1.49 bits per heavy atom. The van der Waals surface area contributed by atoms with Crippen LogP contribution in [0.25, 0.3) is 0 Å². The summed E-state index contributed by atoms with van der Waals surface area (Å²) in [4.78, 5) is 14.1. The number of benzene rings is 2. The number of hydrogen-bond donors (Lipinski definition) is 1. The second-order valence-corrected chi connectivity index (χ2v) is 8.59. The number of ketones is 1. The zero-order valence-electron chi connectivity index (χ0n) is 20.0. The lowest BCUT2D eigenvalue weighted by Crippen LogP contribution is -2.51. The Hall–Kier alpha value is -3.21. The molecule has 10 heteroatoms. The van der Waals surface area contributed by atoms with Crippen molar-refractivity contribution >= 4 is 5.78 Å².